The van der Waals surface area contributed by atoms with E-state index in [2.05, 4.69) is 25.1 Å². The molecule has 2 aromatic rings. The first kappa shape index (κ1) is 12.3. The molecule has 3 nitrogen and oxygen atoms in total. The van der Waals surface area contributed by atoms with Crippen molar-refractivity contribution in [3.05, 3.63) is 46.6 Å². The van der Waals surface area contributed by atoms with Gasteiger partial charge < -0.3 is 5.73 Å². The van der Waals surface area contributed by atoms with Crippen LogP contribution in [0.5, 0.6) is 0 Å². The summed E-state index contributed by atoms with van der Waals surface area (Å²) in [6.07, 6.45) is 1.02. The lowest BCUT2D eigenvalue weighted by Crippen LogP contribution is -2.02. The van der Waals surface area contributed by atoms with Gasteiger partial charge in [0.15, 0.2) is 0 Å². The van der Waals surface area contributed by atoms with E-state index in [1.165, 1.54) is 5.56 Å². The third kappa shape index (κ3) is 1.76. The molecule has 0 amide bonds. The first-order valence-electron chi connectivity index (χ1n) is 6.07. The molecule has 0 aliphatic carbocycles. The summed E-state index contributed by atoms with van der Waals surface area (Å²) in [5.74, 6) is 0.525. The van der Waals surface area contributed by atoms with Crippen molar-refractivity contribution in [3.63, 3.8) is 0 Å². The van der Waals surface area contributed by atoms with Crippen molar-refractivity contribution in [2.75, 3.05) is 5.73 Å². The number of hydrogen-bond donors (Lipinski definition) is 1. The summed E-state index contributed by atoms with van der Waals surface area (Å²) in [6, 6.07) is 10.4. The van der Waals surface area contributed by atoms with Crippen LogP contribution >= 0.6 is 0 Å². The van der Waals surface area contributed by atoms with Crippen molar-refractivity contribution in [3.8, 4) is 11.8 Å². The van der Waals surface area contributed by atoms with E-state index in [4.69, 9.17) is 11.0 Å². The van der Waals surface area contributed by atoms with Crippen molar-refractivity contribution >= 4 is 5.82 Å². The topological polar surface area (TPSA) is 54.7 Å². The SMILES string of the molecule is CCc1ccc(-n2c(C)c(C)c(C#N)c2N)cc1. The third-order valence-electron chi connectivity index (χ3n) is 3.46. The minimum atomic E-state index is 0.525. The van der Waals surface area contributed by atoms with Crippen LogP contribution in [0.4, 0.5) is 5.82 Å². The molecular weight excluding hydrogens is 222 g/mol. The zero-order valence-corrected chi connectivity index (χ0v) is 11.0. The highest BCUT2D eigenvalue weighted by Gasteiger charge is 2.15. The first-order valence-corrected chi connectivity index (χ1v) is 6.07. The van der Waals surface area contributed by atoms with Crippen LogP contribution in [0.2, 0.25) is 0 Å². The average Bonchev–Trinajstić information content (AvgIpc) is 2.60. The Kier molecular flexibility index (Phi) is 3.12. The lowest BCUT2D eigenvalue weighted by atomic mass is 10.1. The molecule has 1 heterocycles. The van der Waals surface area contributed by atoms with Gasteiger partial charge in [0.2, 0.25) is 0 Å². The minimum Gasteiger partial charge on any atom is -0.384 e. The fourth-order valence-electron chi connectivity index (χ4n) is 2.19. The van der Waals surface area contributed by atoms with Crippen molar-refractivity contribution in [2.45, 2.75) is 27.2 Å². The van der Waals surface area contributed by atoms with E-state index >= 15 is 0 Å². The zero-order chi connectivity index (χ0) is 13.3. The van der Waals surface area contributed by atoms with Crippen LogP contribution in [-0.2, 0) is 6.42 Å². The van der Waals surface area contributed by atoms with Crippen LogP contribution < -0.4 is 5.73 Å². The molecule has 3 heteroatoms. The van der Waals surface area contributed by atoms with Gasteiger partial charge in [-0.1, -0.05) is 19.1 Å². The Hall–Kier alpha value is -2.21. The number of nitriles is 1. The molecule has 0 unspecified atom stereocenters. The number of hydrogen-bond acceptors (Lipinski definition) is 2. The molecule has 0 saturated heterocycles. The van der Waals surface area contributed by atoms with E-state index in [9.17, 15) is 0 Å². The van der Waals surface area contributed by atoms with E-state index in [1.54, 1.807) is 0 Å². The lowest BCUT2D eigenvalue weighted by Gasteiger charge is -2.09. The molecule has 92 valence electrons. The second-order valence-corrected chi connectivity index (χ2v) is 4.44. The monoisotopic (exact) mass is 239 g/mol. The van der Waals surface area contributed by atoms with E-state index < -0.39 is 0 Å². The van der Waals surface area contributed by atoms with Crippen LogP contribution in [0.15, 0.2) is 24.3 Å². The number of nitrogen functional groups attached to an aromatic ring is 1. The van der Waals surface area contributed by atoms with Gasteiger partial charge in [-0.3, -0.25) is 4.57 Å². The summed E-state index contributed by atoms with van der Waals surface area (Å²) in [4.78, 5) is 0. The van der Waals surface area contributed by atoms with E-state index in [0.29, 0.717) is 11.4 Å². The molecule has 1 aromatic heterocycles. The highest BCUT2D eigenvalue weighted by Crippen LogP contribution is 2.27. The Morgan fingerprint density at radius 2 is 1.83 bits per heavy atom. The first-order chi connectivity index (χ1) is 8.60. The molecule has 0 spiro atoms. The average molecular weight is 239 g/mol. The molecule has 18 heavy (non-hydrogen) atoms. The van der Waals surface area contributed by atoms with Gasteiger partial charge >= 0.3 is 0 Å². The van der Waals surface area contributed by atoms with Crippen molar-refractivity contribution in [2.24, 2.45) is 0 Å². The predicted octanol–water partition coefficient (Wildman–Crippen LogP) is 3.11. The Bertz CT molecular complexity index is 613. The largest absolute Gasteiger partial charge is 0.384 e. The zero-order valence-electron chi connectivity index (χ0n) is 11.0. The molecule has 0 bridgehead atoms. The molecule has 0 saturated carbocycles. The third-order valence-corrected chi connectivity index (χ3v) is 3.46. The number of nitrogens with two attached hydrogens (primary N) is 1. The van der Waals surface area contributed by atoms with Gasteiger partial charge in [0, 0.05) is 11.4 Å². The lowest BCUT2D eigenvalue weighted by molar-refractivity contribution is 1.01. The van der Waals surface area contributed by atoms with Crippen LogP contribution in [0.25, 0.3) is 5.69 Å². The minimum absolute atomic E-state index is 0.525. The van der Waals surface area contributed by atoms with Gasteiger partial charge in [-0.25, -0.2) is 0 Å². The van der Waals surface area contributed by atoms with Crippen molar-refractivity contribution < 1.29 is 0 Å². The molecule has 2 N–H and O–H groups in total. The Morgan fingerprint density at radius 3 is 2.28 bits per heavy atom. The van der Waals surface area contributed by atoms with Crippen LogP contribution in [0.3, 0.4) is 0 Å². The maximum atomic E-state index is 9.12. The highest BCUT2D eigenvalue weighted by molar-refractivity contribution is 5.62. The predicted molar refractivity (Wildman–Crippen MR) is 73.7 cm³/mol. The summed E-state index contributed by atoms with van der Waals surface area (Å²) in [7, 11) is 0. The fourth-order valence-corrected chi connectivity index (χ4v) is 2.19. The second kappa shape index (κ2) is 4.58. The number of anilines is 1. The number of aromatic nitrogens is 1. The Morgan fingerprint density at radius 1 is 1.22 bits per heavy atom. The van der Waals surface area contributed by atoms with Gasteiger partial charge in [-0.05, 0) is 43.5 Å². The summed E-state index contributed by atoms with van der Waals surface area (Å²) >= 11 is 0. The molecule has 0 aliphatic rings. The second-order valence-electron chi connectivity index (χ2n) is 4.44. The molecule has 0 aliphatic heterocycles. The Balaban J connectivity index is 2.61. The number of nitrogens with zero attached hydrogens (tertiary/aromatic N) is 2. The molecule has 0 atom stereocenters. The summed E-state index contributed by atoms with van der Waals surface area (Å²) in [5, 5.41) is 9.12. The number of benzene rings is 1. The normalized spacial score (nSPS) is 10.3. The number of aryl methyl sites for hydroxylation is 1. The standard InChI is InChI=1S/C15H17N3/c1-4-12-5-7-13(8-6-12)18-11(3)10(2)14(9-16)15(18)17/h5-8H,4,17H2,1-3H3. The molecule has 0 radical (unpaired) electrons. The van der Waals surface area contributed by atoms with E-state index in [0.717, 1.165) is 23.4 Å². The summed E-state index contributed by atoms with van der Waals surface area (Å²) in [6.45, 7) is 6.05. The summed E-state index contributed by atoms with van der Waals surface area (Å²) in [5.41, 5.74) is 10.9. The van der Waals surface area contributed by atoms with Crippen LogP contribution in [0.1, 0.15) is 29.3 Å². The Labute approximate surface area is 107 Å². The van der Waals surface area contributed by atoms with E-state index in [1.807, 2.05) is 30.5 Å². The molecule has 1 aromatic carbocycles. The van der Waals surface area contributed by atoms with Gasteiger partial charge in [-0.2, -0.15) is 5.26 Å². The van der Waals surface area contributed by atoms with Gasteiger partial charge in [-0.15, -0.1) is 0 Å². The number of rotatable bonds is 2. The molecule has 0 fully saturated rings. The van der Waals surface area contributed by atoms with Crippen LogP contribution in [-0.4, -0.2) is 4.57 Å². The maximum Gasteiger partial charge on any atom is 0.126 e. The fraction of sp³-hybridized carbons (Fsp3) is 0.267. The highest BCUT2D eigenvalue weighted by atomic mass is 15.1. The van der Waals surface area contributed by atoms with Crippen molar-refractivity contribution in [1.29, 1.82) is 5.26 Å². The smallest absolute Gasteiger partial charge is 0.126 e. The van der Waals surface area contributed by atoms with Gasteiger partial charge in [0.1, 0.15) is 11.9 Å². The van der Waals surface area contributed by atoms with Crippen LogP contribution in [0, 0.1) is 25.2 Å². The maximum absolute atomic E-state index is 9.12. The van der Waals surface area contributed by atoms with Gasteiger partial charge in [0.25, 0.3) is 0 Å². The quantitative estimate of drug-likeness (QED) is 0.875. The molecule has 2 rings (SSSR count). The van der Waals surface area contributed by atoms with Gasteiger partial charge in [0.05, 0.1) is 5.56 Å². The molecular formula is C15H17N3. The summed E-state index contributed by atoms with van der Waals surface area (Å²) < 4.78 is 1.94. The van der Waals surface area contributed by atoms with E-state index in [-0.39, 0.29) is 0 Å². The van der Waals surface area contributed by atoms with Crippen molar-refractivity contribution in [1.82, 2.24) is 4.57 Å².